The van der Waals surface area contributed by atoms with Crippen molar-refractivity contribution in [1.82, 2.24) is 10.2 Å². The van der Waals surface area contributed by atoms with E-state index in [1.807, 2.05) is 0 Å². The van der Waals surface area contributed by atoms with E-state index in [9.17, 15) is 8.42 Å². The molecule has 0 radical (unpaired) electrons. The van der Waals surface area contributed by atoms with Gasteiger partial charge in [0.1, 0.15) is 11.5 Å². The number of hydrogen-bond acceptors (Lipinski definition) is 6. The van der Waals surface area contributed by atoms with Crippen LogP contribution in [0.5, 0.6) is 11.5 Å². The van der Waals surface area contributed by atoms with Crippen molar-refractivity contribution in [3.63, 3.8) is 0 Å². The molecule has 1 aromatic carbocycles. The molecular weight excluding hydrogens is 296 g/mol. The van der Waals surface area contributed by atoms with Gasteiger partial charge < -0.3 is 15.2 Å². The number of nitrogens with two attached hydrogens (primary N) is 1. The summed E-state index contributed by atoms with van der Waals surface area (Å²) in [6.45, 7) is 0.0575. The lowest BCUT2D eigenvalue weighted by molar-refractivity contribution is 0.405. The molecule has 0 saturated carbocycles. The van der Waals surface area contributed by atoms with Gasteiger partial charge in [-0.3, -0.25) is 9.82 Å². The van der Waals surface area contributed by atoms with Crippen LogP contribution in [0.3, 0.4) is 0 Å². The quantitative estimate of drug-likeness (QED) is 0.722. The highest BCUT2D eigenvalue weighted by molar-refractivity contribution is 7.92. The topological polar surface area (TPSA) is 119 Å². The fraction of sp³-hybridized carbons (Fsp3) is 0.250. The van der Waals surface area contributed by atoms with Gasteiger partial charge in [-0.05, 0) is 12.1 Å². The second-order valence-electron chi connectivity index (χ2n) is 4.10. The lowest BCUT2D eigenvalue weighted by Gasteiger charge is -2.12. The summed E-state index contributed by atoms with van der Waals surface area (Å²) >= 11 is 0. The van der Waals surface area contributed by atoms with Crippen LogP contribution in [0.2, 0.25) is 0 Å². The number of hydrogen-bond donors (Lipinski definition) is 3. The Bertz CT molecular complexity index is 727. The number of aromatic nitrogens is 2. The van der Waals surface area contributed by atoms with E-state index < -0.39 is 10.0 Å². The highest BCUT2D eigenvalue weighted by Gasteiger charge is 2.22. The van der Waals surface area contributed by atoms with Gasteiger partial charge in [-0.1, -0.05) is 0 Å². The maximum Gasteiger partial charge on any atom is 0.279 e. The van der Waals surface area contributed by atoms with Crippen molar-refractivity contribution >= 4 is 15.7 Å². The van der Waals surface area contributed by atoms with Crippen molar-refractivity contribution in [3.8, 4) is 11.5 Å². The first-order valence-electron chi connectivity index (χ1n) is 5.99. The second kappa shape index (κ2) is 6.02. The largest absolute Gasteiger partial charge is 0.497 e. The summed E-state index contributed by atoms with van der Waals surface area (Å²) in [5.74, 6) is 0.866. The van der Waals surface area contributed by atoms with E-state index in [0.29, 0.717) is 17.1 Å². The number of nitrogens with zero attached hydrogens (tertiary/aromatic N) is 1. The number of rotatable bonds is 6. The molecule has 0 atom stereocenters. The van der Waals surface area contributed by atoms with E-state index in [-0.39, 0.29) is 17.3 Å². The predicted molar refractivity (Wildman–Crippen MR) is 76.8 cm³/mol. The summed E-state index contributed by atoms with van der Waals surface area (Å²) in [6.07, 6.45) is 1.37. The van der Waals surface area contributed by atoms with Gasteiger partial charge >= 0.3 is 0 Å². The van der Waals surface area contributed by atoms with Gasteiger partial charge in [0.2, 0.25) is 0 Å². The van der Waals surface area contributed by atoms with Gasteiger partial charge in [-0.25, -0.2) is 0 Å². The van der Waals surface area contributed by atoms with Gasteiger partial charge in [0.05, 0.1) is 26.1 Å². The van der Waals surface area contributed by atoms with Crippen molar-refractivity contribution in [3.05, 3.63) is 30.0 Å². The number of aromatic amines is 1. The molecule has 1 aromatic heterocycles. The molecule has 0 amide bonds. The number of ether oxygens (including phenoxy) is 2. The van der Waals surface area contributed by atoms with Gasteiger partial charge in [-0.15, -0.1) is 0 Å². The Labute approximate surface area is 122 Å². The zero-order valence-corrected chi connectivity index (χ0v) is 12.4. The monoisotopic (exact) mass is 312 g/mol. The fourth-order valence-electron chi connectivity index (χ4n) is 1.77. The Kier molecular flexibility index (Phi) is 4.34. The fourth-order valence-corrected chi connectivity index (χ4v) is 2.97. The Balaban J connectivity index is 2.41. The van der Waals surface area contributed by atoms with Gasteiger partial charge in [0.25, 0.3) is 10.0 Å². The van der Waals surface area contributed by atoms with Crippen LogP contribution >= 0.6 is 0 Å². The molecule has 0 aliphatic rings. The maximum atomic E-state index is 12.4. The Hall–Kier alpha value is -2.26. The van der Waals surface area contributed by atoms with E-state index in [1.165, 1.54) is 26.5 Å². The maximum absolute atomic E-state index is 12.4. The number of benzene rings is 1. The molecular formula is C12H16N4O4S. The third kappa shape index (κ3) is 3.09. The number of H-pyrrole nitrogens is 1. The van der Waals surface area contributed by atoms with Crippen molar-refractivity contribution in [2.24, 2.45) is 5.73 Å². The van der Waals surface area contributed by atoms with Crippen molar-refractivity contribution in [2.45, 2.75) is 11.6 Å². The molecule has 2 rings (SSSR count). The average molecular weight is 312 g/mol. The van der Waals surface area contributed by atoms with Crippen molar-refractivity contribution in [2.75, 3.05) is 18.9 Å². The molecule has 0 saturated heterocycles. The summed E-state index contributed by atoms with van der Waals surface area (Å²) < 4.78 is 37.4. The summed E-state index contributed by atoms with van der Waals surface area (Å²) in [6, 6.07) is 4.79. The lowest BCUT2D eigenvalue weighted by Crippen LogP contribution is -2.16. The zero-order chi connectivity index (χ0) is 15.5. The van der Waals surface area contributed by atoms with Crippen LogP contribution in [0.15, 0.2) is 29.4 Å². The number of methoxy groups -OCH3 is 2. The molecule has 2 aromatic rings. The minimum atomic E-state index is -3.85. The zero-order valence-electron chi connectivity index (χ0n) is 11.6. The highest BCUT2D eigenvalue weighted by atomic mass is 32.2. The smallest absolute Gasteiger partial charge is 0.279 e. The van der Waals surface area contributed by atoms with E-state index in [2.05, 4.69) is 14.9 Å². The minimum Gasteiger partial charge on any atom is -0.497 e. The first-order valence-corrected chi connectivity index (χ1v) is 7.47. The van der Waals surface area contributed by atoms with Crippen molar-refractivity contribution < 1.29 is 17.9 Å². The highest BCUT2D eigenvalue weighted by Crippen LogP contribution is 2.30. The number of sulfonamides is 1. The van der Waals surface area contributed by atoms with Gasteiger partial charge in [-0.2, -0.15) is 13.5 Å². The van der Waals surface area contributed by atoms with E-state index in [1.54, 1.807) is 12.1 Å². The Morgan fingerprint density at radius 3 is 2.71 bits per heavy atom. The summed E-state index contributed by atoms with van der Waals surface area (Å²) in [5.41, 5.74) is 6.14. The van der Waals surface area contributed by atoms with Crippen LogP contribution in [0.25, 0.3) is 0 Å². The third-order valence-corrected chi connectivity index (χ3v) is 4.20. The van der Waals surface area contributed by atoms with Crippen LogP contribution in [-0.2, 0) is 16.6 Å². The van der Waals surface area contributed by atoms with Crippen molar-refractivity contribution in [1.29, 1.82) is 0 Å². The molecule has 0 unspecified atom stereocenters. The van der Waals surface area contributed by atoms with Gasteiger partial charge in [0.15, 0.2) is 5.03 Å². The van der Waals surface area contributed by atoms with Crippen LogP contribution < -0.4 is 19.9 Å². The number of anilines is 1. The molecule has 0 bridgehead atoms. The molecule has 114 valence electrons. The molecule has 4 N–H and O–H groups in total. The third-order valence-electron chi connectivity index (χ3n) is 2.82. The lowest BCUT2D eigenvalue weighted by atomic mass is 10.3. The van der Waals surface area contributed by atoms with Crippen LogP contribution in [0, 0.1) is 0 Å². The van der Waals surface area contributed by atoms with Crippen LogP contribution in [0.4, 0.5) is 5.69 Å². The molecule has 9 heteroatoms. The minimum absolute atomic E-state index is 0.0575. The molecule has 8 nitrogen and oxygen atoms in total. The summed E-state index contributed by atoms with van der Waals surface area (Å²) in [4.78, 5) is 0. The first kappa shape index (κ1) is 15.1. The Morgan fingerprint density at radius 2 is 2.10 bits per heavy atom. The normalized spacial score (nSPS) is 11.2. The van der Waals surface area contributed by atoms with Crippen LogP contribution in [-0.4, -0.2) is 32.8 Å². The first-order chi connectivity index (χ1) is 10.0. The molecule has 0 aliphatic heterocycles. The van der Waals surface area contributed by atoms with E-state index in [4.69, 9.17) is 15.2 Å². The molecule has 0 spiro atoms. The SMILES string of the molecule is COc1ccc(OC)c(NS(=O)(=O)c2[nH]ncc2CN)c1. The second-order valence-corrected chi connectivity index (χ2v) is 5.72. The Morgan fingerprint density at radius 1 is 1.33 bits per heavy atom. The van der Waals surface area contributed by atoms with E-state index in [0.717, 1.165) is 0 Å². The standard InChI is InChI=1S/C12H16N4O4S/c1-19-9-3-4-11(20-2)10(5-9)16-21(17,18)12-8(6-13)7-14-15-12/h3-5,7,16H,6,13H2,1-2H3,(H,14,15). The molecule has 1 heterocycles. The van der Waals surface area contributed by atoms with E-state index >= 15 is 0 Å². The molecule has 0 aliphatic carbocycles. The van der Waals surface area contributed by atoms with Gasteiger partial charge in [0, 0.05) is 18.2 Å². The summed E-state index contributed by atoms with van der Waals surface area (Å²) in [5, 5.41) is 6.05. The number of nitrogens with one attached hydrogen (secondary N) is 2. The molecule has 21 heavy (non-hydrogen) atoms. The predicted octanol–water partition coefficient (Wildman–Crippen LogP) is 0.686. The molecule has 0 fully saturated rings. The summed E-state index contributed by atoms with van der Waals surface area (Å²) in [7, 11) is -0.921. The average Bonchev–Trinajstić information content (AvgIpc) is 2.96. The van der Waals surface area contributed by atoms with Crippen LogP contribution in [0.1, 0.15) is 5.56 Å².